The number of rotatable bonds is 5. The molecule has 0 radical (unpaired) electrons. The Kier molecular flexibility index (Phi) is 4.38. The van der Waals surface area contributed by atoms with E-state index in [2.05, 4.69) is 0 Å². The number of hydrogen-bond acceptors (Lipinski definition) is 3. The summed E-state index contributed by atoms with van der Waals surface area (Å²) >= 11 is 0. The van der Waals surface area contributed by atoms with Crippen LogP contribution in [0.2, 0.25) is 0 Å². The Bertz CT molecular complexity index is 397. The summed E-state index contributed by atoms with van der Waals surface area (Å²) in [6.07, 6.45) is 0. The van der Waals surface area contributed by atoms with Gasteiger partial charge in [0.2, 0.25) is 11.6 Å². The normalized spacial score (nSPS) is 13.4. The van der Waals surface area contributed by atoms with E-state index in [-0.39, 0.29) is 12.2 Å². The minimum absolute atomic E-state index is 0.0638. The first-order valence-electron chi connectivity index (χ1n) is 4.73. The Hall–Kier alpha value is -1.00. The molecule has 0 bridgehead atoms. The molecular weight excluding hydrogens is 231 g/mol. The van der Waals surface area contributed by atoms with Crippen LogP contribution < -0.4 is 0 Å². The van der Waals surface area contributed by atoms with Crippen molar-refractivity contribution in [3.8, 4) is 0 Å². The summed E-state index contributed by atoms with van der Waals surface area (Å²) in [4.78, 5) is 29.8. The van der Waals surface area contributed by atoms with E-state index in [9.17, 15) is 9.36 Å². The van der Waals surface area contributed by atoms with Gasteiger partial charge in [0, 0.05) is 12.2 Å². The fourth-order valence-electron chi connectivity index (χ4n) is 1.23. The monoisotopic (exact) mass is 244 g/mol. The number of carbonyl (C=O) groups is 1. The lowest BCUT2D eigenvalue weighted by Gasteiger charge is -2.16. The van der Waals surface area contributed by atoms with Gasteiger partial charge in [-0.15, -0.1) is 0 Å². The predicted octanol–water partition coefficient (Wildman–Crippen LogP) is 1.41. The molecule has 1 unspecified atom stereocenters. The summed E-state index contributed by atoms with van der Waals surface area (Å²) in [5.41, 5.74) is 0.226. The third-order valence-corrected chi connectivity index (χ3v) is 2.91. The van der Waals surface area contributed by atoms with Crippen molar-refractivity contribution in [3.63, 3.8) is 0 Å². The number of carbonyl (C=O) groups excluding carboxylic acids is 1. The van der Waals surface area contributed by atoms with Crippen LogP contribution in [0.15, 0.2) is 30.3 Å². The highest BCUT2D eigenvalue weighted by atomic mass is 31.2. The van der Waals surface area contributed by atoms with Gasteiger partial charge in [0.25, 0.3) is 0 Å². The lowest BCUT2D eigenvalue weighted by Crippen LogP contribution is -2.24. The van der Waals surface area contributed by atoms with E-state index in [1.807, 2.05) is 0 Å². The van der Waals surface area contributed by atoms with Crippen LogP contribution in [-0.4, -0.2) is 28.0 Å². The van der Waals surface area contributed by atoms with Crippen LogP contribution in [0.5, 0.6) is 0 Å². The highest BCUT2D eigenvalue weighted by molar-refractivity contribution is 7.53. The van der Waals surface area contributed by atoms with Gasteiger partial charge in [0.05, 0.1) is 0 Å². The average molecular weight is 244 g/mol. The zero-order valence-electron chi connectivity index (χ0n) is 8.74. The molecule has 0 aromatic heterocycles. The minimum atomic E-state index is -4.59. The zero-order chi connectivity index (χ0) is 12.2. The molecule has 0 heterocycles. The van der Waals surface area contributed by atoms with Crippen LogP contribution in [0.25, 0.3) is 0 Å². The molecule has 0 aliphatic carbocycles. The van der Waals surface area contributed by atoms with Gasteiger partial charge >= 0.3 is 7.60 Å². The van der Waals surface area contributed by atoms with E-state index in [1.54, 1.807) is 25.1 Å². The number of Topliss-reactive ketones (excluding diaryl/α,β-unsaturated/α-hetero) is 1. The van der Waals surface area contributed by atoms with Gasteiger partial charge in [-0.2, -0.15) is 0 Å². The van der Waals surface area contributed by atoms with Gasteiger partial charge in [0.1, 0.15) is 0 Å². The quantitative estimate of drug-likeness (QED) is 0.604. The van der Waals surface area contributed by atoms with Crippen molar-refractivity contribution >= 4 is 13.4 Å². The number of ether oxygens (including phenoxy) is 1. The number of ketones is 1. The second-order valence-electron chi connectivity index (χ2n) is 3.13. The first kappa shape index (κ1) is 13.1. The van der Waals surface area contributed by atoms with E-state index in [4.69, 9.17) is 14.5 Å². The van der Waals surface area contributed by atoms with E-state index in [0.29, 0.717) is 0 Å². The second-order valence-corrected chi connectivity index (χ2v) is 4.77. The van der Waals surface area contributed by atoms with Crippen LogP contribution >= 0.6 is 7.60 Å². The summed E-state index contributed by atoms with van der Waals surface area (Å²) in [5.74, 6) is -2.41. The van der Waals surface area contributed by atoms with E-state index >= 15 is 0 Å². The SMILES string of the molecule is CCOC(C(=O)c1ccccc1)P(=O)(O)O. The van der Waals surface area contributed by atoms with E-state index in [0.717, 1.165) is 0 Å². The molecule has 1 aromatic carbocycles. The first-order chi connectivity index (χ1) is 7.46. The molecule has 1 aromatic rings. The van der Waals surface area contributed by atoms with Gasteiger partial charge in [-0.1, -0.05) is 30.3 Å². The Labute approximate surface area is 93.2 Å². The number of benzene rings is 1. The predicted molar refractivity (Wildman–Crippen MR) is 58.2 cm³/mol. The maximum atomic E-state index is 11.8. The summed E-state index contributed by atoms with van der Waals surface area (Å²) in [7, 11) is -4.59. The van der Waals surface area contributed by atoms with Gasteiger partial charge < -0.3 is 14.5 Å². The minimum Gasteiger partial charge on any atom is -0.358 e. The average Bonchev–Trinajstić information content (AvgIpc) is 2.25. The molecule has 5 nitrogen and oxygen atoms in total. The molecule has 0 spiro atoms. The van der Waals surface area contributed by atoms with Crippen molar-refractivity contribution in [1.29, 1.82) is 0 Å². The smallest absolute Gasteiger partial charge is 0.358 e. The topological polar surface area (TPSA) is 83.8 Å². The molecule has 0 fully saturated rings. The molecule has 1 atom stereocenters. The zero-order valence-corrected chi connectivity index (χ0v) is 9.63. The van der Waals surface area contributed by atoms with Crippen molar-refractivity contribution < 1.29 is 23.9 Å². The van der Waals surface area contributed by atoms with Crippen LogP contribution in [-0.2, 0) is 9.30 Å². The maximum Gasteiger partial charge on any atom is 0.362 e. The molecule has 1 rings (SSSR count). The molecule has 0 saturated carbocycles. The van der Waals surface area contributed by atoms with Crippen molar-refractivity contribution in [1.82, 2.24) is 0 Å². The summed E-state index contributed by atoms with van der Waals surface area (Å²) in [6, 6.07) is 7.93. The van der Waals surface area contributed by atoms with Crippen LogP contribution in [0, 0.1) is 0 Å². The summed E-state index contributed by atoms with van der Waals surface area (Å²) in [5, 5.41) is 0. The van der Waals surface area contributed by atoms with E-state index < -0.39 is 19.2 Å². The number of hydrogen-bond donors (Lipinski definition) is 2. The lowest BCUT2D eigenvalue weighted by atomic mass is 10.1. The van der Waals surface area contributed by atoms with Crippen LogP contribution in [0.3, 0.4) is 0 Å². The Balaban J connectivity index is 2.97. The summed E-state index contributed by atoms with van der Waals surface area (Å²) in [6.45, 7) is 1.63. The van der Waals surface area contributed by atoms with Gasteiger partial charge in [-0.3, -0.25) is 9.36 Å². The Morgan fingerprint density at radius 2 is 1.94 bits per heavy atom. The standard InChI is InChI=1S/C10H13O5P/c1-2-15-10(16(12,13)14)9(11)8-6-4-3-5-7-8/h3-7,10H,2H2,1H3,(H2,12,13,14). The van der Waals surface area contributed by atoms with Crippen molar-refractivity contribution in [3.05, 3.63) is 35.9 Å². The van der Waals surface area contributed by atoms with Gasteiger partial charge in [-0.05, 0) is 6.92 Å². The largest absolute Gasteiger partial charge is 0.362 e. The second kappa shape index (κ2) is 5.37. The van der Waals surface area contributed by atoms with E-state index in [1.165, 1.54) is 12.1 Å². The van der Waals surface area contributed by atoms with Crippen molar-refractivity contribution in [2.24, 2.45) is 0 Å². The lowest BCUT2D eigenvalue weighted by molar-refractivity contribution is 0.0619. The maximum absolute atomic E-state index is 11.8. The highest BCUT2D eigenvalue weighted by Gasteiger charge is 2.36. The van der Waals surface area contributed by atoms with Gasteiger partial charge in [0.15, 0.2) is 0 Å². The van der Waals surface area contributed by atoms with Crippen molar-refractivity contribution in [2.45, 2.75) is 12.8 Å². The Morgan fingerprint density at radius 1 is 1.38 bits per heavy atom. The summed E-state index contributed by atoms with van der Waals surface area (Å²) < 4.78 is 15.9. The first-order valence-corrected chi connectivity index (χ1v) is 6.41. The third kappa shape index (κ3) is 3.25. The Morgan fingerprint density at radius 3 is 2.38 bits per heavy atom. The molecule has 16 heavy (non-hydrogen) atoms. The highest BCUT2D eigenvalue weighted by Crippen LogP contribution is 2.43. The molecule has 0 saturated heterocycles. The third-order valence-electron chi connectivity index (χ3n) is 1.91. The van der Waals surface area contributed by atoms with Crippen molar-refractivity contribution in [2.75, 3.05) is 6.61 Å². The van der Waals surface area contributed by atoms with Crippen LogP contribution in [0.4, 0.5) is 0 Å². The fraction of sp³-hybridized carbons (Fsp3) is 0.300. The molecule has 2 N–H and O–H groups in total. The molecule has 0 aliphatic heterocycles. The van der Waals surface area contributed by atoms with Crippen LogP contribution in [0.1, 0.15) is 17.3 Å². The molecule has 88 valence electrons. The molecule has 0 amide bonds. The molecular formula is C10H13O5P. The fourth-order valence-corrected chi connectivity index (χ4v) is 2.03. The molecule has 0 aliphatic rings. The molecule has 6 heteroatoms. The van der Waals surface area contributed by atoms with Gasteiger partial charge in [-0.25, -0.2) is 0 Å².